The number of carboxylic acids is 1. The van der Waals surface area contributed by atoms with E-state index in [2.05, 4.69) is 10.3 Å². The quantitative estimate of drug-likeness (QED) is 0.699. The Balaban J connectivity index is 1.79. The van der Waals surface area contributed by atoms with Crippen LogP contribution < -0.4 is 5.32 Å². The predicted molar refractivity (Wildman–Crippen MR) is 95.8 cm³/mol. The van der Waals surface area contributed by atoms with E-state index in [9.17, 15) is 27.9 Å². The van der Waals surface area contributed by atoms with E-state index >= 15 is 0 Å². The van der Waals surface area contributed by atoms with E-state index in [4.69, 9.17) is 0 Å². The molecule has 0 aliphatic carbocycles. The molecule has 1 aromatic heterocycles. The van der Waals surface area contributed by atoms with Crippen LogP contribution in [-0.4, -0.2) is 28.0 Å². The highest BCUT2D eigenvalue weighted by Gasteiger charge is 2.30. The maximum absolute atomic E-state index is 12.6. The molecule has 0 spiro atoms. The molecule has 0 aliphatic rings. The van der Waals surface area contributed by atoms with Crippen molar-refractivity contribution in [1.82, 2.24) is 10.3 Å². The summed E-state index contributed by atoms with van der Waals surface area (Å²) in [6.07, 6.45) is -3.17. The molecule has 1 atom stereocenters. The van der Waals surface area contributed by atoms with Crippen molar-refractivity contribution in [3.63, 3.8) is 0 Å². The van der Waals surface area contributed by atoms with Crippen molar-refractivity contribution in [3.05, 3.63) is 77.5 Å². The van der Waals surface area contributed by atoms with Crippen molar-refractivity contribution in [2.24, 2.45) is 0 Å². The fraction of sp³-hybridized carbons (Fsp3) is 0.150. The number of fused-ring (bicyclic) bond motifs is 1. The number of hydrogen-bond donors (Lipinski definition) is 2. The minimum atomic E-state index is -4.47. The van der Waals surface area contributed by atoms with Gasteiger partial charge in [0.2, 0.25) is 0 Å². The van der Waals surface area contributed by atoms with Gasteiger partial charge in [0.15, 0.2) is 0 Å². The molecule has 0 radical (unpaired) electrons. The van der Waals surface area contributed by atoms with Crippen molar-refractivity contribution in [2.75, 3.05) is 0 Å². The Labute approximate surface area is 157 Å². The van der Waals surface area contributed by atoms with Gasteiger partial charge in [0.25, 0.3) is 5.91 Å². The van der Waals surface area contributed by atoms with Crippen LogP contribution in [0, 0.1) is 0 Å². The summed E-state index contributed by atoms with van der Waals surface area (Å²) >= 11 is 0. The molecule has 0 unspecified atom stereocenters. The highest BCUT2D eigenvalue weighted by molar-refractivity contribution is 6.06. The number of pyridine rings is 1. The van der Waals surface area contributed by atoms with Gasteiger partial charge in [0.05, 0.1) is 16.6 Å². The zero-order valence-electron chi connectivity index (χ0n) is 14.4. The summed E-state index contributed by atoms with van der Waals surface area (Å²) in [5.74, 6) is -1.88. The molecular formula is C20H15F3N2O3. The highest BCUT2D eigenvalue weighted by Crippen LogP contribution is 2.29. The molecule has 2 aromatic carbocycles. The van der Waals surface area contributed by atoms with Gasteiger partial charge >= 0.3 is 12.1 Å². The van der Waals surface area contributed by atoms with Crippen LogP contribution in [-0.2, 0) is 17.4 Å². The first-order valence-corrected chi connectivity index (χ1v) is 8.29. The fourth-order valence-electron chi connectivity index (χ4n) is 2.80. The molecule has 0 saturated heterocycles. The Morgan fingerprint density at radius 1 is 1.04 bits per heavy atom. The predicted octanol–water partition coefficient (Wildman–Crippen LogP) is 3.68. The number of amides is 1. The lowest BCUT2D eigenvalue weighted by Crippen LogP contribution is -2.42. The molecule has 3 rings (SSSR count). The van der Waals surface area contributed by atoms with E-state index in [1.54, 1.807) is 24.3 Å². The minimum Gasteiger partial charge on any atom is -0.480 e. The summed E-state index contributed by atoms with van der Waals surface area (Å²) < 4.78 is 37.9. The normalized spacial score (nSPS) is 12.5. The van der Waals surface area contributed by atoms with Crippen molar-refractivity contribution >= 4 is 22.8 Å². The number of benzene rings is 2. The lowest BCUT2D eigenvalue weighted by Gasteiger charge is -2.16. The third kappa shape index (κ3) is 4.28. The number of carboxylic acid groups (broad SMARTS) is 1. The second-order valence-corrected chi connectivity index (χ2v) is 6.14. The summed E-state index contributed by atoms with van der Waals surface area (Å²) in [6.45, 7) is 0. The van der Waals surface area contributed by atoms with Gasteiger partial charge in [0, 0.05) is 18.0 Å². The topological polar surface area (TPSA) is 79.3 Å². The third-order valence-corrected chi connectivity index (χ3v) is 4.22. The Morgan fingerprint density at radius 2 is 1.71 bits per heavy atom. The van der Waals surface area contributed by atoms with Gasteiger partial charge < -0.3 is 10.4 Å². The largest absolute Gasteiger partial charge is 0.480 e. The monoisotopic (exact) mass is 388 g/mol. The molecule has 2 N–H and O–H groups in total. The van der Waals surface area contributed by atoms with Gasteiger partial charge in [-0.3, -0.25) is 9.78 Å². The molecule has 0 saturated carbocycles. The summed E-state index contributed by atoms with van der Waals surface area (Å²) in [7, 11) is 0. The summed E-state index contributed by atoms with van der Waals surface area (Å²) in [4.78, 5) is 28.3. The molecule has 144 valence electrons. The van der Waals surface area contributed by atoms with Crippen LogP contribution in [0.15, 0.2) is 60.8 Å². The number of halogens is 3. The van der Waals surface area contributed by atoms with Crippen molar-refractivity contribution < 1.29 is 27.9 Å². The Hall–Kier alpha value is -3.42. The molecular weight excluding hydrogens is 373 g/mol. The van der Waals surface area contributed by atoms with E-state index < -0.39 is 29.7 Å². The molecule has 3 aromatic rings. The second kappa shape index (κ2) is 7.67. The van der Waals surface area contributed by atoms with Crippen molar-refractivity contribution in [2.45, 2.75) is 18.6 Å². The fourth-order valence-corrected chi connectivity index (χ4v) is 2.80. The Bertz CT molecular complexity index is 1010. The van der Waals surface area contributed by atoms with E-state index in [0.29, 0.717) is 16.5 Å². The van der Waals surface area contributed by atoms with Crippen LogP contribution in [0.3, 0.4) is 0 Å². The summed E-state index contributed by atoms with van der Waals surface area (Å²) in [6, 6.07) is 11.3. The van der Waals surface area contributed by atoms with Crippen LogP contribution in [0.2, 0.25) is 0 Å². The van der Waals surface area contributed by atoms with Crippen molar-refractivity contribution in [3.8, 4) is 0 Å². The average molecular weight is 388 g/mol. The number of carbonyl (C=O) groups is 2. The number of para-hydroxylation sites is 1. The first-order valence-electron chi connectivity index (χ1n) is 8.29. The first kappa shape index (κ1) is 19.3. The number of nitrogens with one attached hydrogen (secondary N) is 1. The van der Waals surface area contributed by atoms with Gasteiger partial charge in [-0.15, -0.1) is 0 Å². The zero-order chi connectivity index (χ0) is 20.3. The van der Waals surface area contributed by atoms with Crippen LogP contribution >= 0.6 is 0 Å². The number of nitrogens with zero attached hydrogens (tertiary/aromatic N) is 1. The average Bonchev–Trinajstić information content (AvgIpc) is 2.66. The molecule has 0 bridgehead atoms. The number of aromatic nitrogens is 1. The van der Waals surface area contributed by atoms with Crippen LogP contribution in [0.4, 0.5) is 13.2 Å². The number of carbonyl (C=O) groups excluding carboxylic acids is 1. The van der Waals surface area contributed by atoms with Gasteiger partial charge in [-0.25, -0.2) is 4.79 Å². The Morgan fingerprint density at radius 3 is 2.36 bits per heavy atom. The molecule has 5 nitrogen and oxygen atoms in total. The van der Waals surface area contributed by atoms with Gasteiger partial charge in [-0.2, -0.15) is 13.2 Å². The van der Waals surface area contributed by atoms with E-state index in [-0.39, 0.29) is 12.0 Å². The van der Waals surface area contributed by atoms with E-state index in [0.717, 1.165) is 12.1 Å². The summed E-state index contributed by atoms with van der Waals surface area (Å²) in [5.41, 5.74) is 0.393. The molecule has 1 heterocycles. The standard InChI is InChI=1S/C20H15F3N2O3/c21-20(22,23)13-7-5-12(6-8-13)11-17(19(27)28)25-18(26)15-9-10-24-16-4-2-1-3-14(15)16/h1-10,17H,11H2,(H,25,26)(H,27,28)/t17-/m1/s1. The molecule has 1 amide bonds. The minimum absolute atomic E-state index is 0.151. The lowest BCUT2D eigenvalue weighted by atomic mass is 10.0. The van der Waals surface area contributed by atoms with E-state index in [1.807, 2.05) is 0 Å². The maximum Gasteiger partial charge on any atom is 0.416 e. The third-order valence-electron chi connectivity index (χ3n) is 4.22. The SMILES string of the molecule is O=C(N[C@H](Cc1ccc(C(F)(F)F)cc1)C(=O)O)c1ccnc2ccccc12. The summed E-state index contributed by atoms with van der Waals surface area (Å²) in [5, 5.41) is 12.4. The molecule has 0 aliphatic heterocycles. The highest BCUT2D eigenvalue weighted by atomic mass is 19.4. The second-order valence-electron chi connectivity index (χ2n) is 6.14. The smallest absolute Gasteiger partial charge is 0.416 e. The van der Waals surface area contributed by atoms with E-state index in [1.165, 1.54) is 24.4 Å². The van der Waals surface area contributed by atoms with Gasteiger partial charge in [0.1, 0.15) is 6.04 Å². The Kier molecular flexibility index (Phi) is 5.30. The molecule has 28 heavy (non-hydrogen) atoms. The van der Waals surface area contributed by atoms with Crippen LogP contribution in [0.1, 0.15) is 21.5 Å². The first-order chi connectivity index (χ1) is 13.3. The van der Waals surface area contributed by atoms with Gasteiger partial charge in [-0.1, -0.05) is 30.3 Å². The molecule has 0 fully saturated rings. The number of aliphatic carboxylic acids is 1. The molecule has 8 heteroatoms. The number of rotatable bonds is 5. The maximum atomic E-state index is 12.6. The van der Waals surface area contributed by atoms with Crippen LogP contribution in [0.5, 0.6) is 0 Å². The zero-order valence-corrected chi connectivity index (χ0v) is 14.4. The number of hydrogen-bond acceptors (Lipinski definition) is 3. The van der Waals surface area contributed by atoms with Crippen LogP contribution in [0.25, 0.3) is 10.9 Å². The van der Waals surface area contributed by atoms with Crippen molar-refractivity contribution in [1.29, 1.82) is 0 Å². The number of alkyl halides is 3. The lowest BCUT2D eigenvalue weighted by molar-refractivity contribution is -0.139. The van der Waals surface area contributed by atoms with Gasteiger partial charge in [-0.05, 0) is 29.8 Å².